The van der Waals surface area contributed by atoms with E-state index >= 15 is 0 Å². The van der Waals surface area contributed by atoms with Crippen LogP contribution in [0, 0.1) is 0 Å². The molecular formula is C17H20ClN3. The predicted molar refractivity (Wildman–Crippen MR) is 87.8 cm³/mol. The van der Waals surface area contributed by atoms with Crippen LogP contribution in [0.2, 0.25) is 0 Å². The SMILES string of the molecule is CN1CCN(c2cccc(CCl)n2)C(c2ccccc2)C1. The highest BCUT2D eigenvalue weighted by atomic mass is 35.5. The number of nitrogens with zero attached hydrogens (tertiary/aromatic N) is 3. The van der Waals surface area contributed by atoms with E-state index in [4.69, 9.17) is 16.6 Å². The number of hydrogen-bond acceptors (Lipinski definition) is 3. The summed E-state index contributed by atoms with van der Waals surface area (Å²) in [6.07, 6.45) is 0. The number of halogens is 1. The van der Waals surface area contributed by atoms with Gasteiger partial charge in [-0.3, -0.25) is 0 Å². The topological polar surface area (TPSA) is 19.4 Å². The molecule has 1 aromatic heterocycles. The maximum absolute atomic E-state index is 5.93. The molecule has 4 heteroatoms. The van der Waals surface area contributed by atoms with Crippen LogP contribution in [0.25, 0.3) is 0 Å². The lowest BCUT2D eigenvalue weighted by atomic mass is 10.0. The van der Waals surface area contributed by atoms with Gasteiger partial charge < -0.3 is 9.80 Å². The second-order valence-electron chi connectivity index (χ2n) is 5.50. The quantitative estimate of drug-likeness (QED) is 0.811. The zero-order valence-corrected chi connectivity index (χ0v) is 13.0. The molecule has 2 heterocycles. The molecule has 1 atom stereocenters. The minimum atomic E-state index is 0.336. The second-order valence-corrected chi connectivity index (χ2v) is 5.77. The number of alkyl halides is 1. The van der Waals surface area contributed by atoms with Gasteiger partial charge in [-0.2, -0.15) is 0 Å². The number of pyridine rings is 1. The summed E-state index contributed by atoms with van der Waals surface area (Å²) in [7, 11) is 2.18. The number of piperazine rings is 1. The molecule has 0 amide bonds. The molecule has 1 unspecified atom stereocenters. The van der Waals surface area contributed by atoms with E-state index in [0.29, 0.717) is 11.9 Å². The van der Waals surface area contributed by atoms with Gasteiger partial charge in [0, 0.05) is 19.6 Å². The van der Waals surface area contributed by atoms with Crippen LogP contribution in [-0.2, 0) is 5.88 Å². The van der Waals surface area contributed by atoms with Gasteiger partial charge in [0.2, 0.25) is 0 Å². The highest BCUT2D eigenvalue weighted by Gasteiger charge is 2.27. The molecular weight excluding hydrogens is 282 g/mol. The van der Waals surface area contributed by atoms with E-state index in [1.807, 2.05) is 12.1 Å². The first-order valence-corrected chi connectivity index (χ1v) is 7.83. The highest BCUT2D eigenvalue weighted by molar-refractivity contribution is 6.16. The minimum Gasteiger partial charge on any atom is -0.347 e. The fourth-order valence-corrected chi connectivity index (χ4v) is 3.00. The second kappa shape index (κ2) is 6.46. The van der Waals surface area contributed by atoms with Crippen LogP contribution in [0.3, 0.4) is 0 Å². The molecule has 3 nitrogen and oxygen atoms in total. The van der Waals surface area contributed by atoms with Crippen molar-refractivity contribution in [3.63, 3.8) is 0 Å². The smallest absolute Gasteiger partial charge is 0.129 e. The van der Waals surface area contributed by atoms with Gasteiger partial charge in [0.05, 0.1) is 17.6 Å². The van der Waals surface area contributed by atoms with Gasteiger partial charge in [-0.1, -0.05) is 36.4 Å². The highest BCUT2D eigenvalue weighted by Crippen LogP contribution is 2.29. The molecule has 0 bridgehead atoms. The lowest BCUT2D eigenvalue weighted by molar-refractivity contribution is 0.268. The Hall–Kier alpha value is -1.58. The monoisotopic (exact) mass is 301 g/mol. The Labute approximate surface area is 131 Å². The number of rotatable bonds is 3. The largest absolute Gasteiger partial charge is 0.347 e. The molecule has 0 spiro atoms. The Morgan fingerprint density at radius 2 is 1.90 bits per heavy atom. The van der Waals surface area contributed by atoms with E-state index < -0.39 is 0 Å². The van der Waals surface area contributed by atoms with Crippen molar-refractivity contribution in [1.29, 1.82) is 0 Å². The van der Waals surface area contributed by atoms with Crippen molar-refractivity contribution >= 4 is 17.4 Å². The number of likely N-dealkylation sites (N-methyl/N-ethyl adjacent to an activating group) is 1. The summed E-state index contributed by atoms with van der Waals surface area (Å²) in [6.45, 7) is 3.04. The van der Waals surface area contributed by atoms with Crippen LogP contribution in [0.15, 0.2) is 48.5 Å². The van der Waals surface area contributed by atoms with Gasteiger partial charge in [0.25, 0.3) is 0 Å². The average Bonchev–Trinajstić information content (AvgIpc) is 2.55. The third kappa shape index (κ3) is 3.20. The molecule has 0 saturated carbocycles. The van der Waals surface area contributed by atoms with E-state index in [1.54, 1.807) is 0 Å². The van der Waals surface area contributed by atoms with Crippen LogP contribution < -0.4 is 4.90 Å². The van der Waals surface area contributed by atoms with E-state index in [0.717, 1.165) is 31.1 Å². The lowest BCUT2D eigenvalue weighted by Crippen LogP contribution is -2.47. The Morgan fingerprint density at radius 1 is 1.10 bits per heavy atom. The normalized spacial score (nSPS) is 19.7. The molecule has 1 aliphatic heterocycles. The van der Waals surface area contributed by atoms with Crippen molar-refractivity contribution in [2.75, 3.05) is 31.6 Å². The molecule has 1 aromatic carbocycles. The summed E-state index contributed by atoms with van der Waals surface area (Å²) in [5.41, 5.74) is 2.27. The number of anilines is 1. The van der Waals surface area contributed by atoms with Crippen molar-refractivity contribution < 1.29 is 0 Å². The van der Waals surface area contributed by atoms with Crippen molar-refractivity contribution in [3.8, 4) is 0 Å². The lowest BCUT2D eigenvalue weighted by Gasteiger charge is -2.41. The van der Waals surface area contributed by atoms with E-state index in [2.05, 4.69) is 53.2 Å². The Morgan fingerprint density at radius 3 is 2.67 bits per heavy atom. The number of benzene rings is 1. The summed E-state index contributed by atoms with van der Waals surface area (Å²) in [5.74, 6) is 1.48. The molecule has 0 radical (unpaired) electrons. The zero-order chi connectivity index (χ0) is 14.7. The van der Waals surface area contributed by atoms with Gasteiger partial charge in [-0.15, -0.1) is 11.6 Å². The fourth-order valence-electron chi connectivity index (χ4n) is 2.86. The molecule has 1 fully saturated rings. The Balaban J connectivity index is 1.94. The van der Waals surface area contributed by atoms with Crippen molar-refractivity contribution in [1.82, 2.24) is 9.88 Å². The standard InChI is InChI=1S/C17H20ClN3/c1-20-10-11-21(17-9-5-8-15(12-18)19-17)16(13-20)14-6-3-2-4-7-14/h2-9,16H,10-13H2,1H3. The van der Waals surface area contributed by atoms with Crippen molar-refractivity contribution in [2.45, 2.75) is 11.9 Å². The molecule has 0 aliphatic carbocycles. The zero-order valence-electron chi connectivity index (χ0n) is 12.2. The van der Waals surface area contributed by atoms with Crippen LogP contribution in [0.5, 0.6) is 0 Å². The van der Waals surface area contributed by atoms with Crippen LogP contribution >= 0.6 is 11.6 Å². The summed E-state index contributed by atoms with van der Waals surface area (Å²) < 4.78 is 0. The number of aromatic nitrogens is 1. The summed E-state index contributed by atoms with van der Waals surface area (Å²) in [6, 6.07) is 17.1. The summed E-state index contributed by atoms with van der Waals surface area (Å²) in [5, 5.41) is 0. The fraction of sp³-hybridized carbons (Fsp3) is 0.353. The third-order valence-electron chi connectivity index (χ3n) is 3.99. The maximum atomic E-state index is 5.93. The molecule has 3 rings (SSSR count). The molecule has 0 N–H and O–H groups in total. The maximum Gasteiger partial charge on any atom is 0.129 e. The average molecular weight is 302 g/mol. The summed E-state index contributed by atoms with van der Waals surface area (Å²) in [4.78, 5) is 9.46. The third-order valence-corrected chi connectivity index (χ3v) is 4.26. The Bertz CT molecular complexity index is 588. The van der Waals surface area contributed by atoms with Gasteiger partial charge >= 0.3 is 0 Å². The van der Waals surface area contributed by atoms with Crippen LogP contribution in [-0.4, -0.2) is 36.6 Å². The molecule has 1 aliphatic rings. The first-order valence-electron chi connectivity index (χ1n) is 7.30. The van der Waals surface area contributed by atoms with Gasteiger partial charge in [-0.05, 0) is 24.7 Å². The van der Waals surface area contributed by atoms with E-state index in [-0.39, 0.29) is 0 Å². The van der Waals surface area contributed by atoms with Crippen LogP contribution in [0.4, 0.5) is 5.82 Å². The predicted octanol–water partition coefficient (Wildman–Crippen LogP) is 3.31. The van der Waals surface area contributed by atoms with Crippen molar-refractivity contribution in [2.24, 2.45) is 0 Å². The van der Waals surface area contributed by atoms with Gasteiger partial charge in [0.15, 0.2) is 0 Å². The summed E-state index contributed by atoms with van der Waals surface area (Å²) >= 11 is 5.93. The van der Waals surface area contributed by atoms with Crippen LogP contribution in [0.1, 0.15) is 17.3 Å². The molecule has 21 heavy (non-hydrogen) atoms. The van der Waals surface area contributed by atoms with Gasteiger partial charge in [-0.25, -0.2) is 4.98 Å². The first-order chi connectivity index (χ1) is 10.3. The first kappa shape index (κ1) is 14.4. The molecule has 110 valence electrons. The van der Waals surface area contributed by atoms with E-state index in [9.17, 15) is 0 Å². The number of hydrogen-bond donors (Lipinski definition) is 0. The minimum absolute atomic E-state index is 0.336. The van der Waals surface area contributed by atoms with Gasteiger partial charge in [0.1, 0.15) is 5.82 Å². The molecule has 2 aromatic rings. The van der Waals surface area contributed by atoms with E-state index in [1.165, 1.54) is 5.56 Å². The molecule has 1 saturated heterocycles. The van der Waals surface area contributed by atoms with Crippen molar-refractivity contribution in [3.05, 3.63) is 59.8 Å². The Kier molecular flexibility index (Phi) is 4.42.